The van der Waals surface area contributed by atoms with Gasteiger partial charge in [-0.25, -0.2) is 0 Å². The van der Waals surface area contributed by atoms with Crippen LogP contribution >= 0.6 is 0 Å². The average Bonchev–Trinajstić information content (AvgIpc) is 2.57. The Morgan fingerprint density at radius 1 is 1.04 bits per heavy atom. The molecule has 0 aromatic rings. The van der Waals surface area contributed by atoms with Gasteiger partial charge in [0, 0.05) is 13.0 Å². The molecule has 0 radical (unpaired) electrons. The van der Waals surface area contributed by atoms with E-state index in [1.807, 2.05) is 11.8 Å². The molecule has 0 saturated heterocycles. The van der Waals surface area contributed by atoms with Gasteiger partial charge in [-0.2, -0.15) is 0 Å². The van der Waals surface area contributed by atoms with E-state index in [4.69, 9.17) is 0 Å². The fourth-order valence-corrected chi connectivity index (χ4v) is 2.89. The van der Waals surface area contributed by atoms with Crippen molar-refractivity contribution in [2.45, 2.75) is 59.8 Å². The Balaban J connectivity index is 4.30. The minimum absolute atomic E-state index is 0.213. The first-order valence-corrected chi connectivity index (χ1v) is 9.47. The molecule has 0 unspecified atom stereocenters. The summed E-state index contributed by atoms with van der Waals surface area (Å²) in [5.41, 5.74) is 0. The average molecular weight is 328 g/mol. The molecule has 0 aliphatic carbocycles. The van der Waals surface area contributed by atoms with Crippen molar-refractivity contribution in [3.8, 4) is 0 Å². The molecule has 136 valence electrons. The fraction of sp³-hybridized carbons (Fsp3) is 0.842. The van der Waals surface area contributed by atoms with Crippen molar-refractivity contribution in [2.75, 3.05) is 45.9 Å². The molecule has 0 aromatic carbocycles. The summed E-state index contributed by atoms with van der Waals surface area (Å²) in [6.07, 6.45) is 9.36. The van der Waals surface area contributed by atoms with Gasteiger partial charge in [0.15, 0.2) is 0 Å². The maximum Gasteiger partial charge on any atom is 0.223 e. The molecule has 0 aliphatic rings. The van der Waals surface area contributed by atoms with Gasteiger partial charge in [0.25, 0.3) is 0 Å². The van der Waals surface area contributed by atoms with Gasteiger partial charge in [-0.3, -0.25) is 4.79 Å². The van der Waals surface area contributed by atoms with Crippen molar-refractivity contribution in [3.63, 3.8) is 0 Å². The minimum Gasteiger partial charge on any atom is -0.391 e. The number of hydrogen-bond donors (Lipinski definition) is 1. The van der Waals surface area contributed by atoms with Crippen LogP contribution in [0.4, 0.5) is 0 Å². The molecule has 1 N–H and O–H groups in total. The molecule has 0 spiro atoms. The third kappa shape index (κ3) is 9.11. The summed E-state index contributed by atoms with van der Waals surface area (Å²) in [6.45, 7) is 14.1. The lowest BCUT2D eigenvalue weighted by Gasteiger charge is -2.38. The molecule has 0 atom stereocenters. The molecule has 4 nitrogen and oxygen atoms in total. The van der Waals surface area contributed by atoms with Crippen LogP contribution in [0.2, 0.25) is 0 Å². The van der Waals surface area contributed by atoms with E-state index in [9.17, 15) is 9.90 Å². The highest BCUT2D eigenvalue weighted by Crippen LogP contribution is 2.08. The Hall–Kier alpha value is -0.870. The Morgan fingerprint density at radius 3 is 2.22 bits per heavy atom. The van der Waals surface area contributed by atoms with Gasteiger partial charge in [0.05, 0.1) is 32.8 Å². The van der Waals surface area contributed by atoms with Crippen LogP contribution in [0.15, 0.2) is 12.2 Å². The summed E-state index contributed by atoms with van der Waals surface area (Å²) >= 11 is 0. The second kappa shape index (κ2) is 13.6. The van der Waals surface area contributed by atoms with Gasteiger partial charge in [-0.05, 0) is 33.6 Å². The van der Waals surface area contributed by atoms with Crippen LogP contribution in [0.5, 0.6) is 0 Å². The number of unbranched alkanes of at least 4 members (excludes halogenated alkanes) is 2. The van der Waals surface area contributed by atoms with E-state index < -0.39 is 0 Å². The predicted octanol–water partition coefficient (Wildman–Crippen LogP) is 3.21. The molecule has 0 aliphatic heterocycles. The molecule has 0 fully saturated rings. The predicted molar refractivity (Wildman–Crippen MR) is 98.3 cm³/mol. The van der Waals surface area contributed by atoms with Gasteiger partial charge in [-0.1, -0.05) is 31.9 Å². The zero-order valence-corrected chi connectivity index (χ0v) is 15.9. The van der Waals surface area contributed by atoms with E-state index >= 15 is 0 Å². The lowest BCUT2D eigenvalue weighted by Crippen LogP contribution is -2.53. The highest BCUT2D eigenvalue weighted by atomic mass is 16.3. The Labute approximate surface area is 143 Å². The van der Waals surface area contributed by atoms with Crippen LogP contribution in [0, 0.1) is 0 Å². The number of carbonyl (C=O) groups is 1. The molecule has 0 bridgehead atoms. The number of amides is 1. The third-order valence-electron chi connectivity index (χ3n) is 4.91. The zero-order chi connectivity index (χ0) is 17.6. The molecule has 0 saturated carbocycles. The van der Waals surface area contributed by atoms with Gasteiger partial charge in [0.1, 0.15) is 6.54 Å². The van der Waals surface area contributed by atoms with E-state index in [0.29, 0.717) is 6.42 Å². The topological polar surface area (TPSA) is 40.5 Å². The Morgan fingerprint density at radius 2 is 1.70 bits per heavy atom. The molecule has 23 heavy (non-hydrogen) atoms. The van der Waals surface area contributed by atoms with Crippen molar-refractivity contribution in [1.82, 2.24) is 4.90 Å². The largest absolute Gasteiger partial charge is 0.391 e. The summed E-state index contributed by atoms with van der Waals surface area (Å²) in [5, 5.41) is 9.30. The van der Waals surface area contributed by atoms with Gasteiger partial charge in [0.2, 0.25) is 5.91 Å². The first kappa shape index (κ1) is 22.1. The van der Waals surface area contributed by atoms with Crippen molar-refractivity contribution in [1.29, 1.82) is 0 Å². The summed E-state index contributed by atoms with van der Waals surface area (Å²) in [6, 6.07) is 0. The highest BCUT2D eigenvalue weighted by Gasteiger charge is 2.24. The second-order valence-electron chi connectivity index (χ2n) is 6.27. The maximum absolute atomic E-state index is 12.4. The summed E-state index contributed by atoms with van der Waals surface area (Å²) in [7, 11) is 0. The van der Waals surface area contributed by atoms with Crippen LogP contribution in [-0.2, 0) is 4.79 Å². The van der Waals surface area contributed by atoms with Crippen molar-refractivity contribution in [3.05, 3.63) is 12.2 Å². The van der Waals surface area contributed by atoms with Crippen molar-refractivity contribution >= 4 is 5.91 Å². The molecule has 0 heterocycles. The van der Waals surface area contributed by atoms with Crippen LogP contribution in [0.3, 0.4) is 0 Å². The summed E-state index contributed by atoms with van der Waals surface area (Å²) in [4.78, 5) is 14.3. The molecular formula is C19H39N2O2+. The second-order valence-corrected chi connectivity index (χ2v) is 6.27. The van der Waals surface area contributed by atoms with Gasteiger partial charge < -0.3 is 14.5 Å². The van der Waals surface area contributed by atoms with E-state index in [-0.39, 0.29) is 12.5 Å². The Kier molecular flexibility index (Phi) is 13.0. The maximum atomic E-state index is 12.4. The molecule has 4 heteroatoms. The number of rotatable bonds is 14. The SMILES string of the molecule is CCCC/C=C/CCC(=O)N(CC)CC[N+](CC)(CC)CCO. The van der Waals surface area contributed by atoms with Crippen LogP contribution < -0.4 is 0 Å². The number of aliphatic hydroxyl groups is 1. The van der Waals surface area contributed by atoms with Crippen molar-refractivity contribution in [2.24, 2.45) is 0 Å². The van der Waals surface area contributed by atoms with E-state index in [1.54, 1.807) is 0 Å². The quantitative estimate of drug-likeness (QED) is 0.302. The number of nitrogens with zero attached hydrogens (tertiary/aromatic N) is 2. The number of likely N-dealkylation sites (N-methyl/N-ethyl adjacent to an activating group) is 2. The fourth-order valence-electron chi connectivity index (χ4n) is 2.89. The van der Waals surface area contributed by atoms with E-state index in [2.05, 4.69) is 32.9 Å². The van der Waals surface area contributed by atoms with Gasteiger partial charge in [-0.15, -0.1) is 0 Å². The number of carbonyl (C=O) groups excluding carboxylic acids is 1. The number of aliphatic hydroxyl groups excluding tert-OH is 1. The number of quaternary nitrogens is 1. The van der Waals surface area contributed by atoms with Crippen LogP contribution in [0.1, 0.15) is 59.8 Å². The molecule has 0 aromatic heterocycles. The lowest BCUT2D eigenvalue weighted by molar-refractivity contribution is -0.924. The first-order chi connectivity index (χ1) is 11.1. The van der Waals surface area contributed by atoms with Crippen LogP contribution in [0.25, 0.3) is 0 Å². The Bertz CT molecular complexity index is 325. The first-order valence-electron chi connectivity index (χ1n) is 9.47. The van der Waals surface area contributed by atoms with E-state index in [0.717, 1.165) is 56.6 Å². The molecule has 1 amide bonds. The molecule has 0 rings (SSSR count). The van der Waals surface area contributed by atoms with Gasteiger partial charge >= 0.3 is 0 Å². The number of hydrogen-bond acceptors (Lipinski definition) is 2. The summed E-state index contributed by atoms with van der Waals surface area (Å²) < 4.78 is 0.886. The highest BCUT2D eigenvalue weighted by molar-refractivity contribution is 5.76. The third-order valence-corrected chi connectivity index (χ3v) is 4.91. The van der Waals surface area contributed by atoms with Crippen molar-refractivity contribution < 1.29 is 14.4 Å². The monoisotopic (exact) mass is 327 g/mol. The minimum atomic E-state index is 0.213. The standard InChI is InChI=1S/C19H39N2O2/c1-5-9-10-11-12-13-14-19(23)20(6-2)15-16-21(7-3,8-4)17-18-22/h11-12,22H,5-10,13-18H2,1-4H3/q+1/b12-11+. The number of allylic oxidation sites excluding steroid dienone is 2. The van der Waals surface area contributed by atoms with E-state index in [1.165, 1.54) is 12.8 Å². The summed E-state index contributed by atoms with van der Waals surface area (Å²) in [5.74, 6) is 0.252. The molecular weight excluding hydrogens is 288 g/mol. The zero-order valence-electron chi connectivity index (χ0n) is 15.9. The smallest absolute Gasteiger partial charge is 0.223 e. The normalized spacial score (nSPS) is 12.0. The van der Waals surface area contributed by atoms with Crippen LogP contribution in [-0.4, -0.2) is 66.3 Å². The lowest BCUT2D eigenvalue weighted by atomic mass is 10.2.